The van der Waals surface area contributed by atoms with Gasteiger partial charge in [-0.2, -0.15) is 0 Å². The van der Waals surface area contributed by atoms with Crippen LogP contribution in [0.3, 0.4) is 0 Å². The zero-order valence-corrected chi connectivity index (χ0v) is 13.3. The van der Waals surface area contributed by atoms with Crippen molar-refractivity contribution >= 4 is 11.8 Å². The molecule has 1 atom stereocenters. The quantitative estimate of drug-likeness (QED) is 0.746. The summed E-state index contributed by atoms with van der Waals surface area (Å²) in [6.45, 7) is 6.29. The lowest BCUT2D eigenvalue weighted by atomic mass is 9.95. The highest BCUT2D eigenvalue weighted by atomic mass is 32.2. The maximum Gasteiger partial charge on any atom is 0.0876 e. The van der Waals surface area contributed by atoms with Gasteiger partial charge in [0, 0.05) is 4.90 Å². The monoisotopic (exact) mass is 291 g/mol. The van der Waals surface area contributed by atoms with Gasteiger partial charge in [0.1, 0.15) is 0 Å². The molecule has 0 aromatic heterocycles. The van der Waals surface area contributed by atoms with Crippen LogP contribution in [0.1, 0.15) is 44.7 Å². The van der Waals surface area contributed by atoms with Gasteiger partial charge in [0.15, 0.2) is 0 Å². The topological polar surface area (TPSA) is 21.3 Å². The fraction of sp³-hybridized carbons (Fsp3) is 0.529. The van der Waals surface area contributed by atoms with Crippen LogP contribution < -0.4 is 5.32 Å². The predicted octanol–water partition coefficient (Wildman–Crippen LogP) is 4.53. The van der Waals surface area contributed by atoms with Gasteiger partial charge in [-0.05, 0) is 54.8 Å². The van der Waals surface area contributed by atoms with E-state index in [-0.39, 0.29) is 0 Å². The van der Waals surface area contributed by atoms with Crippen molar-refractivity contribution in [3.05, 3.63) is 41.7 Å². The molecule has 2 nitrogen and oxygen atoms in total. The summed E-state index contributed by atoms with van der Waals surface area (Å²) in [7, 11) is 0. The number of benzene rings is 1. The van der Waals surface area contributed by atoms with Gasteiger partial charge in [0.2, 0.25) is 0 Å². The van der Waals surface area contributed by atoms with Crippen molar-refractivity contribution in [3.63, 3.8) is 0 Å². The van der Waals surface area contributed by atoms with Gasteiger partial charge in [-0.25, -0.2) is 0 Å². The molecule has 2 rings (SSSR count). The van der Waals surface area contributed by atoms with Crippen LogP contribution in [-0.2, 0) is 4.74 Å². The van der Waals surface area contributed by atoms with E-state index in [1.165, 1.54) is 16.0 Å². The van der Waals surface area contributed by atoms with E-state index in [1.807, 2.05) is 18.0 Å². The maximum absolute atomic E-state index is 5.52. The van der Waals surface area contributed by atoms with E-state index in [0.717, 1.165) is 38.2 Å². The van der Waals surface area contributed by atoms with E-state index in [9.17, 15) is 0 Å². The Hall–Kier alpha value is -0.930. The summed E-state index contributed by atoms with van der Waals surface area (Å²) in [6, 6.07) is 9.26. The molecular formula is C17H25NOS. The second-order valence-corrected chi connectivity index (χ2v) is 6.39. The van der Waals surface area contributed by atoms with Gasteiger partial charge in [-0.3, -0.25) is 0 Å². The molecule has 1 aromatic rings. The molecule has 110 valence electrons. The minimum Gasteiger partial charge on any atom is -0.501 e. The van der Waals surface area contributed by atoms with E-state index < -0.39 is 0 Å². The van der Waals surface area contributed by atoms with Gasteiger partial charge in [0.25, 0.3) is 0 Å². The highest BCUT2D eigenvalue weighted by Gasteiger charge is 2.18. The number of hydrogen-bond acceptors (Lipinski definition) is 3. The molecule has 1 aromatic carbocycles. The SMILES string of the molecule is CCCNC(C1=COCCC1)c1ccc(SCC)cc1. The van der Waals surface area contributed by atoms with Crippen LogP contribution in [0.25, 0.3) is 0 Å². The first-order valence-corrected chi connectivity index (χ1v) is 8.60. The van der Waals surface area contributed by atoms with Crippen molar-refractivity contribution < 1.29 is 4.74 Å². The molecule has 0 spiro atoms. The van der Waals surface area contributed by atoms with Gasteiger partial charge in [-0.1, -0.05) is 26.0 Å². The van der Waals surface area contributed by atoms with Gasteiger partial charge < -0.3 is 10.1 Å². The average molecular weight is 291 g/mol. The normalized spacial score (nSPS) is 16.4. The minimum absolute atomic E-state index is 0.302. The molecule has 1 N–H and O–H groups in total. The Bertz CT molecular complexity index is 427. The van der Waals surface area contributed by atoms with Crippen LogP contribution in [0.15, 0.2) is 41.0 Å². The third-order valence-electron chi connectivity index (χ3n) is 3.46. The highest BCUT2D eigenvalue weighted by Crippen LogP contribution is 2.29. The number of hydrogen-bond donors (Lipinski definition) is 1. The second kappa shape index (κ2) is 8.38. The lowest BCUT2D eigenvalue weighted by Gasteiger charge is -2.25. The summed E-state index contributed by atoms with van der Waals surface area (Å²) in [6.07, 6.45) is 5.37. The van der Waals surface area contributed by atoms with E-state index >= 15 is 0 Å². The minimum atomic E-state index is 0.302. The third-order valence-corrected chi connectivity index (χ3v) is 4.35. The van der Waals surface area contributed by atoms with Crippen molar-refractivity contribution in [1.29, 1.82) is 0 Å². The van der Waals surface area contributed by atoms with Gasteiger partial charge in [0.05, 0.1) is 18.9 Å². The Morgan fingerprint density at radius 2 is 2.05 bits per heavy atom. The Labute approximate surface area is 127 Å². The van der Waals surface area contributed by atoms with Crippen molar-refractivity contribution in [2.75, 3.05) is 18.9 Å². The van der Waals surface area contributed by atoms with E-state index in [0.29, 0.717) is 6.04 Å². The smallest absolute Gasteiger partial charge is 0.0876 e. The molecule has 0 bridgehead atoms. The van der Waals surface area contributed by atoms with Crippen molar-refractivity contribution in [2.24, 2.45) is 0 Å². The van der Waals surface area contributed by atoms with Crippen molar-refractivity contribution in [3.8, 4) is 0 Å². The maximum atomic E-state index is 5.52. The highest BCUT2D eigenvalue weighted by molar-refractivity contribution is 7.99. The molecule has 0 amide bonds. The first-order valence-electron chi connectivity index (χ1n) is 7.61. The Morgan fingerprint density at radius 3 is 2.65 bits per heavy atom. The molecule has 0 radical (unpaired) electrons. The molecule has 0 aliphatic carbocycles. The zero-order chi connectivity index (χ0) is 14.2. The molecule has 3 heteroatoms. The summed E-state index contributed by atoms with van der Waals surface area (Å²) in [5, 5.41) is 3.65. The Balaban J connectivity index is 2.14. The molecule has 1 aliphatic rings. The van der Waals surface area contributed by atoms with E-state index in [1.54, 1.807) is 0 Å². The molecule has 1 unspecified atom stereocenters. The summed E-state index contributed by atoms with van der Waals surface area (Å²) >= 11 is 1.89. The summed E-state index contributed by atoms with van der Waals surface area (Å²) in [5.41, 5.74) is 2.72. The van der Waals surface area contributed by atoms with Crippen LogP contribution in [0, 0.1) is 0 Å². The van der Waals surface area contributed by atoms with Crippen molar-refractivity contribution in [2.45, 2.75) is 44.0 Å². The Kier molecular flexibility index (Phi) is 6.48. The van der Waals surface area contributed by atoms with E-state index in [2.05, 4.69) is 43.4 Å². The fourth-order valence-corrected chi connectivity index (χ4v) is 3.13. The van der Waals surface area contributed by atoms with Crippen LogP contribution in [0.4, 0.5) is 0 Å². The largest absolute Gasteiger partial charge is 0.501 e. The van der Waals surface area contributed by atoms with Crippen LogP contribution in [0.2, 0.25) is 0 Å². The fourth-order valence-electron chi connectivity index (χ4n) is 2.47. The first kappa shape index (κ1) is 15.5. The van der Waals surface area contributed by atoms with Crippen LogP contribution >= 0.6 is 11.8 Å². The first-order chi connectivity index (χ1) is 9.85. The second-order valence-electron chi connectivity index (χ2n) is 5.06. The third kappa shape index (κ3) is 4.29. The van der Waals surface area contributed by atoms with Gasteiger partial charge in [-0.15, -0.1) is 11.8 Å². The van der Waals surface area contributed by atoms with Crippen LogP contribution in [-0.4, -0.2) is 18.9 Å². The lowest BCUT2D eigenvalue weighted by Crippen LogP contribution is -2.25. The summed E-state index contributed by atoms with van der Waals surface area (Å²) < 4.78 is 5.52. The summed E-state index contributed by atoms with van der Waals surface area (Å²) in [5.74, 6) is 1.12. The molecule has 1 aliphatic heterocycles. The predicted molar refractivity (Wildman–Crippen MR) is 87.1 cm³/mol. The molecule has 0 saturated heterocycles. The molecule has 0 saturated carbocycles. The van der Waals surface area contributed by atoms with E-state index in [4.69, 9.17) is 4.74 Å². The van der Waals surface area contributed by atoms with Crippen LogP contribution in [0.5, 0.6) is 0 Å². The lowest BCUT2D eigenvalue weighted by molar-refractivity contribution is 0.219. The number of rotatable bonds is 7. The van der Waals surface area contributed by atoms with Gasteiger partial charge >= 0.3 is 0 Å². The molecule has 20 heavy (non-hydrogen) atoms. The summed E-state index contributed by atoms with van der Waals surface area (Å²) in [4.78, 5) is 1.35. The molecule has 0 fully saturated rings. The molecule has 1 heterocycles. The standard InChI is InChI=1S/C17H25NOS/c1-3-11-18-17(15-6-5-12-19-13-15)14-7-9-16(10-8-14)20-4-2/h7-10,13,17-18H,3-6,11-12H2,1-2H3. The number of nitrogens with one attached hydrogen (secondary N) is 1. The zero-order valence-electron chi connectivity index (χ0n) is 12.5. The average Bonchev–Trinajstić information content (AvgIpc) is 2.51. The molecular weight excluding hydrogens is 266 g/mol. The van der Waals surface area contributed by atoms with Crippen molar-refractivity contribution in [1.82, 2.24) is 5.32 Å². The number of thioether (sulfide) groups is 1. The number of ether oxygens (including phenoxy) is 1. The Morgan fingerprint density at radius 1 is 1.25 bits per heavy atom.